The average molecular weight is 220 g/mol. The van der Waals surface area contributed by atoms with Gasteiger partial charge in [-0.2, -0.15) is 0 Å². The van der Waals surface area contributed by atoms with Crippen LogP contribution in [0.15, 0.2) is 18.2 Å². The molecule has 0 radical (unpaired) electrons. The SMILES string of the molecule is CCOC(=O)C1COc2cccc(C)c2C1. The molecule has 2 rings (SSSR count). The number of esters is 1. The number of rotatable bonds is 2. The maximum Gasteiger partial charge on any atom is 0.312 e. The van der Waals surface area contributed by atoms with Gasteiger partial charge in [0.15, 0.2) is 0 Å². The monoisotopic (exact) mass is 220 g/mol. The Morgan fingerprint density at radius 1 is 1.56 bits per heavy atom. The van der Waals surface area contributed by atoms with Crippen LogP contribution >= 0.6 is 0 Å². The molecule has 3 nitrogen and oxygen atoms in total. The molecule has 16 heavy (non-hydrogen) atoms. The maximum atomic E-state index is 11.6. The second-order valence-electron chi connectivity index (χ2n) is 4.02. The Labute approximate surface area is 95.4 Å². The Balaban J connectivity index is 2.17. The molecule has 0 fully saturated rings. The highest BCUT2D eigenvalue weighted by Gasteiger charge is 2.27. The lowest BCUT2D eigenvalue weighted by Crippen LogP contribution is -2.30. The van der Waals surface area contributed by atoms with Crippen LogP contribution in [0.25, 0.3) is 0 Å². The summed E-state index contributed by atoms with van der Waals surface area (Å²) in [5, 5.41) is 0. The molecule has 0 N–H and O–H groups in total. The fourth-order valence-corrected chi connectivity index (χ4v) is 1.98. The lowest BCUT2D eigenvalue weighted by atomic mass is 9.93. The Morgan fingerprint density at radius 3 is 3.12 bits per heavy atom. The molecule has 1 aliphatic heterocycles. The zero-order chi connectivity index (χ0) is 11.5. The summed E-state index contributed by atoms with van der Waals surface area (Å²) >= 11 is 0. The molecule has 1 atom stereocenters. The number of fused-ring (bicyclic) bond motifs is 1. The average Bonchev–Trinajstić information content (AvgIpc) is 2.29. The predicted molar refractivity (Wildman–Crippen MR) is 60.5 cm³/mol. The van der Waals surface area contributed by atoms with E-state index >= 15 is 0 Å². The minimum absolute atomic E-state index is 0.156. The largest absolute Gasteiger partial charge is 0.492 e. The van der Waals surface area contributed by atoms with E-state index in [0.717, 1.165) is 17.7 Å². The van der Waals surface area contributed by atoms with Crippen LogP contribution in [-0.2, 0) is 16.0 Å². The van der Waals surface area contributed by atoms with E-state index in [-0.39, 0.29) is 11.9 Å². The summed E-state index contributed by atoms with van der Waals surface area (Å²) in [6.07, 6.45) is 0.723. The topological polar surface area (TPSA) is 35.5 Å². The van der Waals surface area contributed by atoms with Crippen molar-refractivity contribution in [2.75, 3.05) is 13.2 Å². The number of hydrogen-bond donors (Lipinski definition) is 0. The molecular formula is C13H16O3. The second-order valence-corrected chi connectivity index (χ2v) is 4.02. The third-order valence-electron chi connectivity index (χ3n) is 2.88. The molecule has 0 aromatic heterocycles. The number of carbonyl (C=O) groups excluding carboxylic acids is 1. The molecule has 0 saturated heterocycles. The minimum Gasteiger partial charge on any atom is -0.492 e. The quantitative estimate of drug-likeness (QED) is 0.716. The molecule has 0 aliphatic carbocycles. The summed E-state index contributed by atoms with van der Waals surface area (Å²) in [5.74, 6) is 0.588. The lowest BCUT2D eigenvalue weighted by Gasteiger charge is -2.25. The third kappa shape index (κ3) is 2.03. The van der Waals surface area contributed by atoms with Crippen LogP contribution in [0.3, 0.4) is 0 Å². The molecule has 0 spiro atoms. The van der Waals surface area contributed by atoms with E-state index in [4.69, 9.17) is 9.47 Å². The van der Waals surface area contributed by atoms with Crippen LogP contribution in [-0.4, -0.2) is 19.2 Å². The van der Waals surface area contributed by atoms with E-state index < -0.39 is 0 Å². The first kappa shape index (κ1) is 11.0. The van der Waals surface area contributed by atoms with Gasteiger partial charge in [-0.05, 0) is 37.5 Å². The Bertz CT molecular complexity index is 398. The maximum absolute atomic E-state index is 11.6. The van der Waals surface area contributed by atoms with Gasteiger partial charge in [0.2, 0.25) is 0 Å². The highest BCUT2D eigenvalue weighted by Crippen LogP contribution is 2.30. The van der Waals surface area contributed by atoms with Crippen LogP contribution in [0.2, 0.25) is 0 Å². The summed E-state index contributed by atoms with van der Waals surface area (Å²) < 4.78 is 10.6. The van der Waals surface area contributed by atoms with Crippen LogP contribution < -0.4 is 4.74 Å². The summed E-state index contributed by atoms with van der Waals surface area (Å²) in [7, 11) is 0. The standard InChI is InChI=1S/C13H16O3/c1-3-15-13(14)10-7-11-9(2)5-4-6-12(11)16-8-10/h4-6,10H,3,7-8H2,1-2H3. The molecule has 1 aliphatic rings. The Hall–Kier alpha value is -1.51. The highest BCUT2D eigenvalue weighted by molar-refractivity contribution is 5.73. The van der Waals surface area contributed by atoms with Crippen molar-refractivity contribution in [3.8, 4) is 5.75 Å². The van der Waals surface area contributed by atoms with Gasteiger partial charge in [-0.15, -0.1) is 0 Å². The van der Waals surface area contributed by atoms with Gasteiger partial charge in [0.05, 0.1) is 12.5 Å². The molecule has 1 heterocycles. The first-order valence-corrected chi connectivity index (χ1v) is 5.60. The molecule has 1 aromatic rings. The zero-order valence-electron chi connectivity index (χ0n) is 9.66. The van der Waals surface area contributed by atoms with Crippen molar-refractivity contribution in [2.24, 2.45) is 5.92 Å². The van der Waals surface area contributed by atoms with E-state index in [1.807, 2.05) is 32.0 Å². The summed E-state index contributed by atoms with van der Waals surface area (Å²) in [6, 6.07) is 5.96. The van der Waals surface area contributed by atoms with Crippen LogP contribution in [0.5, 0.6) is 5.75 Å². The van der Waals surface area contributed by atoms with Gasteiger partial charge in [0, 0.05) is 0 Å². The van der Waals surface area contributed by atoms with Crippen molar-refractivity contribution in [2.45, 2.75) is 20.3 Å². The summed E-state index contributed by atoms with van der Waals surface area (Å²) in [5.41, 5.74) is 2.30. The first-order chi connectivity index (χ1) is 7.72. The van der Waals surface area contributed by atoms with Crippen LogP contribution in [0.4, 0.5) is 0 Å². The summed E-state index contributed by atoms with van der Waals surface area (Å²) in [6.45, 7) is 4.71. The number of carbonyl (C=O) groups is 1. The van der Waals surface area contributed by atoms with Gasteiger partial charge in [-0.3, -0.25) is 4.79 Å². The molecule has 1 unspecified atom stereocenters. The van der Waals surface area contributed by atoms with Gasteiger partial charge in [-0.1, -0.05) is 12.1 Å². The molecular weight excluding hydrogens is 204 g/mol. The normalized spacial score (nSPS) is 18.5. The van der Waals surface area contributed by atoms with Crippen molar-refractivity contribution in [1.29, 1.82) is 0 Å². The van der Waals surface area contributed by atoms with Gasteiger partial charge < -0.3 is 9.47 Å². The van der Waals surface area contributed by atoms with Gasteiger partial charge >= 0.3 is 5.97 Å². The van der Waals surface area contributed by atoms with Crippen molar-refractivity contribution in [1.82, 2.24) is 0 Å². The summed E-state index contributed by atoms with van der Waals surface area (Å²) in [4.78, 5) is 11.6. The Morgan fingerprint density at radius 2 is 2.38 bits per heavy atom. The third-order valence-corrected chi connectivity index (χ3v) is 2.88. The fraction of sp³-hybridized carbons (Fsp3) is 0.462. The first-order valence-electron chi connectivity index (χ1n) is 5.60. The smallest absolute Gasteiger partial charge is 0.312 e. The Kier molecular flexibility index (Phi) is 3.13. The van der Waals surface area contributed by atoms with Gasteiger partial charge in [0.25, 0.3) is 0 Å². The molecule has 3 heteroatoms. The van der Waals surface area contributed by atoms with Crippen molar-refractivity contribution < 1.29 is 14.3 Å². The number of hydrogen-bond acceptors (Lipinski definition) is 3. The zero-order valence-corrected chi connectivity index (χ0v) is 9.66. The van der Waals surface area contributed by atoms with E-state index in [0.29, 0.717) is 13.2 Å². The molecule has 0 amide bonds. The number of benzene rings is 1. The lowest BCUT2D eigenvalue weighted by molar-refractivity contribution is -0.149. The minimum atomic E-state index is -0.159. The molecule has 1 aromatic carbocycles. The van der Waals surface area contributed by atoms with Gasteiger partial charge in [-0.25, -0.2) is 0 Å². The highest BCUT2D eigenvalue weighted by atomic mass is 16.5. The number of aryl methyl sites for hydroxylation is 1. The molecule has 86 valence electrons. The van der Waals surface area contributed by atoms with Crippen molar-refractivity contribution in [3.63, 3.8) is 0 Å². The van der Waals surface area contributed by atoms with Crippen LogP contribution in [0, 0.1) is 12.8 Å². The second kappa shape index (κ2) is 4.56. The van der Waals surface area contributed by atoms with E-state index in [1.54, 1.807) is 0 Å². The van der Waals surface area contributed by atoms with Gasteiger partial charge in [0.1, 0.15) is 12.4 Å². The van der Waals surface area contributed by atoms with Crippen molar-refractivity contribution in [3.05, 3.63) is 29.3 Å². The molecule has 0 bridgehead atoms. The fourth-order valence-electron chi connectivity index (χ4n) is 1.98. The van der Waals surface area contributed by atoms with E-state index in [9.17, 15) is 4.79 Å². The predicted octanol–water partition coefficient (Wildman–Crippen LogP) is 2.11. The van der Waals surface area contributed by atoms with E-state index in [1.165, 1.54) is 5.56 Å². The van der Waals surface area contributed by atoms with Crippen LogP contribution in [0.1, 0.15) is 18.1 Å². The molecule has 0 saturated carbocycles. The number of ether oxygens (including phenoxy) is 2. The van der Waals surface area contributed by atoms with Crippen molar-refractivity contribution >= 4 is 5.97 Å². The van der Waals surface area contributed by atoms with E-state index in [2.05, 4.69) is 0 Å².